The van der Waals surface area contributed by atoms with E-state index in [9.17, 15) is 0 Å². The van der Waals surface area contributed by atoms with Crippen LogP contribution in [0.3, 0.4) is 0 Å². The third-order valence-corrected chi connectivity index (χ3v) is 5.03. The van der Waals surface area contributed by atoms with E-state index < -0.39 is 0 Å². The number of aromatic nitrogens is 1. The van der Waals surface area contributed by atoms with Gasteiger partial charge in [0.15, 0.2) is 0 Å². The molecule has 0 spiro atoms. The van der Waals surface area contributed by atoms with Crippen LogP contribution >= 0.6 is 0 Å². The molecule has 4 nitrogen and oxygen atoms in total. The van der Waals surface area contributed by atoms with E-state index in [2.05, 4.69) is 46.2 Å². The molecule has 0 radical (unpaired) electrons. The molecule has 0 aliphatic carbocycles. The van der Waals surface area contributed by atoms with E-state index in [1.165, 1.54) is 32.4 Å². The predicted octanol–water partition coefficient (Wildman–Crippen LogP) is 1.98. The van der Waals surface area contributed by atoms with E-state index in [1.807, 2.05) is 12.3 Å². The fraction of sp³-hybridized carbons (Fsp3) is 0.706. The highest BCUT2D eigenvalue weighted by atomic mass is 15.2. The minimum Gasteiger partial charge on any atom is -0.357 e. The number of anilines is 1. The Kier molecular flexibility index (Phi) is 4.76. The summed E-state index contributed by atoms with van der Waals surface area (Å²) in [5.74, 6) is 1.89. The molecule has 1 N–H and O–H groups in total. The average molecular weight is 288 g/mol. The molecule has 2 saturated heterocycles. The van der Waals surface area contributed by atoms with Crippen molar-refractivity contribution in [3.8, 4) is 0 Å². The molecule has 116 valence electrons. The SMILES string of the molecule is CC1CN(C)CCC1NC1CCN(c2ccccn2)CC1. The molecule has 2 atom stereocenters. The Morgan fingerprint density at radius 2 is 1.95 bits per heavy atom. The van der Waals surface area contributed by atoms with E-state index >= 15 is 0 Å². The summed E-state index contributed by atoms with van der Waals surface area (Å²) in [6.45, 7) is 7.08. The zero-order valence-corrected chi connectivity index (χ0v) is 13.3. The molecule has 1 aromatic heterocycles. The molecule has 3 heterocycles. The third kappa shape index (κ3) is 3.74. The minimum absolute atomic E-state index is 0.681. The van der Waals surface area contributed by atoms with Gasteiger partial charge in [-0.15, -0.1) is 0 Å². The molecule has 0 aromatic carbocycles. The molecule has 0 bridgehead atoms. The van der Waals surface area contributed by atoms with Crippen LogP contribution in [0.15, 0.2) is 24.4 Å². The Bertz CT molecular complexity index is 428. The lowest BCUT2D eigenvalue weighted by Crippen LogP contribution is -2.52. The Hall–Kier alpha value is -1.13. The fourth-order valence-electron chi connectivity index (χ4n) is 3.72. The predicted molar refractivity (Wildman–Crippen MR) is 87.7 cm³/mol. The van der Waals surface area contributed by atoms with Gasteiger partial charge in [-0.3, -0.25) is 0 Å². The first-order chi connectivity index (χ1) is 10.2. The van der Waals surface area contributed by atoms with Crippen molar-refractivity contribution >= 4 is 5.82 Å². The molecule has 2 aliphatic rings. The second-order valence-electron chi connectivity index (χ2n) is 6.75. The van der Waals surface area contributed by atoms with Crippen molar-refractivity contribution in [1.29, 1.82) is 0 Å². The second-order valence-corrected chi connectivity index (χ2v) is 6.75. The normalized spacial score (nSPS) is 28.8. The maximum Gasteiger partial charge on any atom is 0.128 e. The molecule has 4 heteroatoms. The molecule has 21 heavy (non-hydrogen) atoms. The van der Waals surface area contributed by atoms with Gasteiger partial charge >= 0.3 is 0 Å². The largest absolute Gasteiger partial charge is 0.357 e. The monoisotopic (exact) mass is 288 g/mol. The van der Waals surface area contributed by atoms with Crippen LogP contribution in [0.25, 0.3) is 0 Å². The Morgan fingerprint density at radius 3 is 2.62 bits per heavy atom. The van der Waals surface area contributed by atoms with Gasteiger partial charge in [0.05, 0.1) is 0 Å². The minimum atomic E-state index is 0.681. The molecule has 0 saturated carbocycles. The van der Waals surface area contributed by atoms with Crippen molar-refractivity contribution in [2.24, 2.45) is 5.92 Å². The highest BCUT2D eigenvalue weighted by Crippen LogP contribution is 2.21. The Morgan fingerprint density at radius 1 is 1.14 bits per heavy atom. The summed E-state index contributed by atoms with van der Waals surface area (Å²) in [7, 11) is 2.23. The van der Waals surface area contributed by atoms with Crippen LogP contribution in [0.1, 0.15) is 26.2 Å². The first-order valence-corrected chi connectivity index (χ1v) is 8.33. The van der Waals surface area contributed by atoms with E-state index in [4.69, 9.17) is 0 Å². The number of rotatable bonds is 3. The number of nitrogens with zero attached hydrogens (tertiary/aromatic N) is 3. The zero-order valence-electron chi connectivity index (χ0n) is 13.3. The summed E-state index contributed by atoms with van der Waals surface area (Å²) in [5, 5.41) is 3.93. The third-order valence-electron chi connectivity index (χ3n) is 5.03. The van der Waals surface area contributed by atoms with Gasteiger partial charge in [0.1, 0.15) is 5.82 Å². The van der Waals surface area contributed by atoms with Gasteiger partial charge in [0.25, 0.3) is 0 Å². The van der Waals surface area contributed by atoms with Crippen LogP contribution in [0.5, 0.6) is 0 Å². The van der Waals surface area contributed by atoms with Gasteiger partial charge in [-0.25, -0.2) is 4.98 Å². The lowest BCUT2D eigenvalue weighted by Gasteiger charge is -2.40. The standard InChI is InChI=1S/C17H28N4/c1-14-13-20(2)10-8-16(14)19-15-6-11-21(12-7-15)17-5-3-4-9-18-17/h3-5,9,14-16,19H,6-8,10-13H2,1-2H3. The molecule has 1 aromatic rings. The van der Waals surface area contributed by atoms with E-state index in [0.717, 1.165) is 24.8 Å². The lowest BCUT2D eigenvalue weighted by atomic mass is 9.92. The smallest absolute Gasteiger partial charge is 0.128 e. The molecule has 0 amide bonds. The Balaban J connectivity index is 1.48. The molecule has 2 fully saturated rings. The highest BCUT2D eigenvalue weighted by Gasteiger charge is 2.28. The first kappa shape index (κ1) is 14.8. The van der Waals surface area contributed by atoms with Crippen molar-refractivity contribution in [3.05, 3.63) is 24.4 Å². The summed E-state index contributed by atoms with van der Waals surface area (Å²) in [6.07, 6.45) is 5.64. The molecular weight excluding hydrogens is 260 g/mol. The lowest BCUT2D eigenvalue weighted by molar-refractivity contribution is 0.161. The van der Waals surface area contributed by atoms with Crippen molar-refractivity contribution in [2.45, 2.75) is 38.3 Å². The van der Waals surface area contributed by atoms with Crippen LogP contribution in [0.4, 0.5) is 5.82 Å². The number of likely N-dealkylation sites (tertiary alicyclic amines) is 1. The van der Waals surface area contributed by atoms with Crippen molar-refractivity contribution in [2.75, 3.05) is 38.1 Å². The Labute approximate surface area is 128 Å². The van der Waals surface area contributed by atoms with Crippen molar-refractivity contribution in [3.63, 3.8) is 0 Å². The summed E-state index contributed by atoms with van der Waals surface area (Å²) in [4.78, 5) is 9.33. The van der Waals surface area contributed by atoms with Crippen molar-refractivity contribution in [1.82, 2.24) is 15.2 Å². The van der Waals surface area contributed by atoms with Crippen LogP contribution < -0.4 is 10.2 Å². The van der Waals surface area contributed by atoms with Crippen molar-refractivity contribution < 1.29 is 0 Å². The zero-order chi connectivity index (χ0) is 14.7. The topological polar surface area (TPSA) is 31.4 Å². The summed E-state index contributed by atoms with van der Waals surface area (Å²) in [5.41, 5.74) is 0. The fourth-order valence-corrected chi connectivity index (χ4v) is 3.72. The van der Waals surface area contributed by atoms with E-state index in [0.29, 0.717) is 12.1 Å². The van der Waals surface area contributed by atoms with Gasteiger partial charge in [-0.2, -0.15) is 0 Å². The maximum atomic E-state index is 4.46. The summed E-state index contributed by atoms with van der Waals surface area (Å²) >= 11 is 0. The van der Waals surface area contributed by atoms with Crippen LogP contribution in [-0.2, 0) is 0 Å². The quantitative estimate of drug-likeness (QED) is 0.921. The van der Waals surface area contributed by atoms with Gasteiger partial charge in [-0.05, 0) is 50.9 Å². The van der Waals surface area contributed by atoms with E-state index in [1.54, 1.807) is 0 Å². The van der Waals surface area contributed by atoms with E-state index in [-0.39, 0.29) is 0 Å². The average Bonchev–Trinajstić information content (AvgIpc) is 2.52. The van der Waals surface area contributed by atoms with Gasteiger partial charge < -0.3 is 15.1 Å². The van der Waals surface area contributed by atoms with Crippen LogP contribution in [0.2, 0.25) is 0 Å². The number of hydrogen-bond donors (Lipinski definition) is 1. The highest BCUT2D eigenvalue weighted by molar-refractivity contribution is 5.38. The maximum absolute atomic E-state index is 4.46. The van der Waals surface area contributed by atoms with Gasteiger partial charge in [0.2, 0.25) is 0 Å². The summed E-state index contributed by atoms with van der Waals surface area (Å²) in [6, 6.07) is 7.56. The summed E-state index contributed by atoms with van der Waals surface area (Å²) < 4.78 is 0. The number of nitrogens with one attached hydrogen (secondary N) is 1. The van der Waals surface area contributed by atoms with Gasteiger partial charge in [-0.1, -0.05) is 13.0 Å². The van der Waals surface area contributed by atoms with Gasteiger partial charge in [0, 0.05) is 37.9 Å². The molecule has 2 unspecified atom stereocenters. The first-order valence-electron chi connectivity index (χ1n) is 8.33. The number of hydrogen-bond acceptors (Lipinski definition) is 4. The second kappa shape index (κ2) is 6.75. The molecular formula is C17H28N4. The van der Waals surface area contributed by atoms with Crippen LogP contribution in [-0.4, -0.2) is 55.2 Å². The van der Waals surface area contributed by atoms with Crippen LogP contribution in [0, 0.1) is 5.92 Å². The number of pyridine rings is 1. The molecule has 2 aliphatic heterocycles. The molecule has 3 rings (SSSR count). The number of piperidine rings is 2.